The predicted octanol–water partition coefficient (Wildman–Crippen LogP) is 3.13. The summed E-state index contributed by atoms with van der Waals surface area (Å²) in [6.07, 6.45) is 4.45. The van der Waals surface area contributed by atoms with E-state index in [0.29, 0.717) is 12.5 Å². The first kappa shape index (κ1) is 15.0. The van der Waals surface area contributed by atoms with Crippen LogP contribution in [0.3, 0.4) is 0 Å². The Kier molecular flexibility index (Phi) is 3.92. The van der Waals surface area contributed by atoms with Crippen molar-refractivity contribution in [3.63, 3.8) is 0 Å². The number of aromatic nitrogens is 4. The molecule has 25 heavy (non-hydrogen) atoms. The fraction of sp³-hybridized carbons (Fsp3) is 0.0526. The minimum Gasteiger partial charge on any atom is -0.305 e. The SMILES string of the molecule is O=C(Nc1nc2ccccc2n1Cc1ccccc1)c1cnccn1. The first-order valence-electron chi connectivity index (χ1n) is 7.88. The molecule has 4 rings (SSSR count). The average molecular weight is 329 g/mol. The molecule has 2 aromatic heterocycles. The molecular formula is C19H15N5O. The van der Waals surface area contributed by atoms with Crippen molar-refractivity contribution in [3.8, 4) is 0 Å². The third kappa shape index (κ3) is 3.10. The second-order valence-corrected chi connectivity index (χ2v) is 5.54. The van der Waals surface area contributed by atoms with Gasteiger partial charge in [-0.15, -0.1) is 0 Å². The first-order valence-corrected chi connectivity index (χ1v) is 7.88. The fourth-order valence-electron chi connectivity index (χ4n) is 2.68. The molecular weight excluding hydrogens is 314 g/mol. The molecule has 0 fully saturated rings. The Bertz CT molecular complexity index is 1010. The largest absolute Gasteiger partial charge is 0.305 e. The van der Waals surface area contributed by atoms with E-state index in [0.717, 1.165) is 16.6 Å². The van der Waals surface area contributed by atoms with Gasteiger partial charge in [0.25, 0.3) is 5.91 Å². The molecule has 0 bridgehead atoms. The molecule has 0 aliphatic carbocycles. The Morgan fingerprint density at radius 1 is 1.00 bits per heavy atom. The molecule has 0 unspecified atom stereocenters. The topological polar surface area (TPSA) is 72.7 Å². The Morgan fingerprint density at radius 3 is 2.60 bits per heavy atom. The molecule has 2 heterocycles. The van der Waals surface area contributed by atoms with Crippen LogP contribution >= 0.6 is 0 Å². The lowest BCUT2D eigenvalue weighted by Gasteiger charge is -2.10. The molecule has 0 atom stereocenters. The Hall–Kier alpha value is -3.54. The van der Waals surface area contributed by atoms with Gasteiger partial charge < -0.3 is 4.57 Å². The second kappa shape index (κ2) is 6.52. The zero-order valence-corrected chi connectivity index (χ0v) is 13.3. The van der Waals surface area contributed by atoms with E-state index in [4.69, 9.17) is 0 Å². The number of carbonyl (C=O) groups is 1. The average Bonchev–Trinajstić information content (AvgIpc) is 3.00. The van der Waals surface area contributed by atoms with Gasteiger partial charge in [-0.2, -0.15) is 0 Å². The van der Waals surface area contributed by atoms with Crippen molar-refractivity contribution >= 4 is 22.9 Å². The molecule has 0 saturated heterocycles. The highest BCUT2D eigenvalue weighted by molar-refractivity contribution is 6.02. The van der Waals surface area contributed by atoms with Crippen LogP contribution in [-0.4, -0.2) is 25.4 Å². The number of anilines is 1. The van der Waals surface area contributed by atoms with Crippen molar-refractivity contribution in [1.29, 1.82) is 0 Å². The van der Waals surface area contributed by atoms with Gasteiger partial charge in [0.1, 0.15) is 5.69 Å². The monoisotopic (exact) mass is 329 g/mol. The van der Waals surface area contributed by atoms with Crippen LogP contribution in [0, 0.1) is 0 Å². The molecule has 0 radical (unpaired) electrons. The summed E-state index contributed by atoms with van der Waals surface area (Å²) in [7, 11) is 0. The summed E-state index contributed by atoms with van der Waals surface area (Å²) < 4.78 is 1.99. The number of carbonyl (C=O) groups excluding carboxylic acids is 1. The number of amides is 1. The lowest BCUT2D eigenvalue weighted by molar-refractivity contribution is 0.102. The van der Waals surface area contributed by atoms with Crippen LogP contribution in [0.2, 0.25) is 0 Å². The van der Waals surface area contributed by atoms with E-state index in [9.17, 15) is 4.79 Å². The molecule has 1 N–H and O–H groups in total. The third-order valence-corrected chi connectivity index (χ3v) is 3.86. The maximum atomic E-state index is 12.4. The van der Waals surface area contributed by atoms with Gasteiger partial charge in [-0.25, -0.2) is 9.97 Å². The highest BCUT2D eigenvalue weighted by Crippen LogP contribution is 2.21. The van der Waals surface area contributed by atoms with E-state index in [1.54, 1.807) is 0 Å². The lowest BCUT2D eigenvalue weighted by atomic mass is 10.2. The molecule has 1 amide bonds. The van der Waals surface area contributed by atoms with E-state index >= 15 is 0 Å². The number of para-hydroxylation sites is 2. The minimum absolute atomic E-state index is 0.251. The molecule has 6 nitrogen and oxygen atoms in total. The number of fused-ring (bicyclic) bond motifs is 1. The van der Waals surface area contributed by atoms with Gasteiger partial charge in [-0.3, -0.25) is 15.1 Å². The van der Waals surface area contributed by atoms with Crippen molar-refractivity contribution in [2.75, 3.05) is 5.32 Å². The quantitative estimate of drug-likeness (QED) is 0.624. The van der Waals surface area contributed by atoms with Crippen LogP contribution in [0.1, 0.15) is 16.1 Å². The summed E-state index contributed by atoms with van der Waals surface area (Å²) in [6.45, 7) is 0.609. The Labute approximate surface area is 144 Å². The van der Waals surface area contributed by atoms with E-state index < -0.39 is 0 Å². The number of hydrogen-bond acceptors (Lipinski definition) is 4. The van der Waals surface area contributed by atoms with E-state index in [-0.39, 0.29) is 11.6 Å². The van der Waals surface area contributed by atoms with Crippen LogP contribution in [0.15, 0.2) is 73.2 Å². The number of benzene rings is 2. The highest BCUT2D eigenvalue weighted by atomic mass is 16.2. The molecule has 6 heteroatoms. The molecule has 0 saturated carbocycles. The van der Waals surface area contributed by atoms with Gasteiger partial charge in [0.05, 0.1) is 23.8 Å². The molecule has 0 aliphatic heterocycles. The summed E-state index contributed by atoms with van der Waals surface area (Å²) in [5, 5.41) is 2.85. The maximum absolute atomic E-state index is 12.4. The van der Waals surface area contributed by atoms with Gasteiger partial charge in [0.2, 0.25) is 5.95 Å². The summed E-state index contributed by atoms with van der Waals surface area (Å²) in [5.41, 5.74) is 3.16. The number of nitrogens with zero attached hydrogens (tertiary/aromatic N) is 4. The van der Waals surface area contributed by atoms with E-state index in [1.807, 2.05) is 59.2 Å². The van der Waals surface area contributed by atoms with Gasteiger partial charge in [0, 0.05) is 12.4 Å². The molecule has 0 spiro atoms. The standard InChI is InChI=1S/C19H15N5O/c25-18(16-12-20-10-11-21-16)23-19-22-15-8-4-5-9-17(15)24(19)13-14-6-2-1-3-7-14/h1-12H,13H2,(H,22,23,25). The van der Waals surface area contributed by atoms with Gasteiger partial charge >= 0.3 is 0 Å². The molecule has 0 aliphatic rings. The minimum atomic E-state index is -0.335. The second-order valence-electron chi connectivity index (χ2n) is 5.54. The normalized spacial score (nSPS) is 10.7. The number of hydrogen-bond donors (Lipinski definition) is 1. The fourth-order valence-corrected chi connectivity index (χ4v) is 2.68. The van der Waals surface area contributed by atoms with Gasteiger partial charge in [0.15, 0.2) is 0 Å². The van der Waals surface area contributed by atoms with Crippen LogP contribution in [0.4, 0.5) is 5.95 Å². The zero-order valence-electron chi connectivity index (χ0n) is 13.3. The smallest absolute Gasteiger partial charge is 0.278 e. The van der Waals surface area contributed by atoms with E-state index in [2.05, 4.69) is 20.3 Å². The first-order chi connectivity index (χ1) is 12.3. The number of rotatable bonds is 4. The summed E-state index contributed by atoms with van der Waals surface area (Å²) in [6, 6.07) is 17.9. The molecule has 4 aromatic rings. The maximum Gasteiger partial charge on any atom is 0.278 e. The van der Waals surface area contributed by atoms with Crippen molar-refractivity contribution in [3.05, 3.63) is 84.4 Å². The Balaban J connectivity index is 1.73. The van der Waals surface area contributed by atoms with Crippen LogP contribution in [0.5, 0.6) is 0 Å². The van der Waals surface area contributed by atoms with Crippen LogP contribution in [-0.2, 0) is 6.54 Å². The summed E-state index contributed by atoms with van der Waals surface area (Å²) >= 11 is 0. The zero-order chi connectivity index (χ0) is 17.1. The lowest BCUT2D eigenvalue weighted by Crippen LogP contribution is -2.17. The highest BCUT2D eigenvalue weighted by Gasteiger charge is 2.15. The van der Waals surface area contributed by atoms with Crippen LogP contribution < -0.4 is 5.32 Å². The van der Waals surface area contributed by atoms with Crippen molar-refractivity contribution in [1.82, 2.24) is 19.5 Å². The van der Waals surface area contributed by atoms with Crippen molar-refractivity contribution in [2.45, 2.75) is 6.54 Å². The summed E-state index contributed by atoms with van der Waals surface area (Å²) in [4.78, 5) is 24.9. The number of nitrogens with one attached hydrogen (secondary N) is 1. The van der Waals surface area contributed by atoms with Gasteiger partial charge in [-0.05, 0) is 17.7 Å². The Morgan fingerprint density at radius 2 is 1.80 bits per heavy atom. The predicted molar refractivity (Wildman–Crippen MR) is 95.3 cm³/mol. The summed E-state index contributed by atoms with van der Waals surface area (Å²) in [5.74, 6) is 0.151. The number of imidazole rings is 1. The molecule has 122 valence electrons. The third-order valence-electron chi connectivity index (χ3n) is 3.86. The van der Waals surface area contributed by atoms with E-state index in [1.165, 1.54) is 18.6 Å². The van der Waals surface area contributed by atoms with Crippen molar-refractivity contribution in [2.24, 2.45) is 0 Å². The van der Waals surface area contributed by atoms with Gasteiger partial charge in [-0.1, -0.05) is 42.5 Å². The van der Waals surface area contributed by atoms with Crippen molar-refractivity contribution < 1.29 is 4.79 Å². The molecule has 2 aromatic carbocycles. The van der Waals surface area contributed by atoms with Crippen LogP contribution in [0.25, 0.3) is 11.0 Å².